The minimum atomic E-state index is 0.0949. The topological polar surface area (TPSA) is 17.1 Å². The number of hydrogen-bond donors (Lipinski definition) is 0. The zero-order chi connectivity index (χ0) is 13.4. The van der Waals surface area contributed by atoms with E-state index in [0.717, 1.165) is 11.1 Å². The molecular weight excluding hydrogens is 208 g/mol. The van der Waals surface area contributed by atoms with Crippen LogP contribution in [-0.4, -0.2) is 5.78 Å². The Morgan fingerprint density at radius 1 is 1.18 bits per heavy atom. The first kappa shape index (κ1) is 15.6. The van der Waals surface area contributed by atoms with Crippen molar-refractivity contribution in [3.05, 3.63) is 47.0 Å². The van der Waals surface area contributed by atoms with E-state index in [4.69, 9.17) is 0 Å². The van der Waals surface area contributed by atoms with Crippen molar-refractivity contribution in [2.24, 2.45) is 0 Å². The van der Waals surface area contributed by atoms with Crippen LogP contribution in [-0.2, 0) is 0 Å². The summed E-state index contributed by atoms with van der Waals surface area (Å²) in [6.07, 6.45) is 1.68. The molecule has 0 radical (unpaired) electrons. The van der Waals surface area contributed by atoms with Gasteiger partial charge in [0.2, 0.25) is 0 Å². The van der Waals surface area contributed by atoms with Crippen molar-refractivity contribution < 1.29 is 4.79 Å². The Bertz CT molecular complexity index is 382. The van der Waals surface area contributed by atoms with E-state index in [1.54, 1.807) is 6.08 Å². The molecule has 0 aromatic heterocycles. The van der Waals surface area contributed by atoms with Crippen LogP contribution >= 0.6 is 0 Å². The number of benzene rings is 1. The van der Waals surface area contributed by atoms with E-state index in [0.29, 0.717) is 5.92 Å². The van der Waals surface area contributed by atoms with Gasteiger partial charge in [-0.3, -0.25) is 4.79 Å². The fraction of sp³-hybridized carbons (Fsp3) is 0.438. The lowest BCUT2D eigenvalue weighted by atomic mass is 9.99. The Morgan fingerprint density at radius 3 is 2.24 bits per heavy atom. The van der Waals surface area contributed by atoms with Gasteiger partial charge in [0.05, 0.1) is 0 Å². The number of allylic oxidation sites excluding steroid dienone is 2. The molecule has 94 valence electrons. The van der Waals surface area contributed by atoms with Gasteiger partial charge in [0, 0.05) is 5.56 Å². The molecule has 0 spiro atoms. The maximum absolute atomic E-state index is 11.8. The summed E-state index contributed by atoms with van der Waals surface area (Å²) in [4.78, 5) is 11.8. The van der Waals surface area contributed by atoms with Crippen molar-refractivity contribution in [1.82, 2.24) is 0 Å². The molecule has 17 heavy (non-hydrogen) atoms. The predicted octanol–water partition coefficient (Wildman–Crippen LogP) is 4.99. The normalized spacial score (nSPS) is 9.35. The average Bonchev–Trinajstić information content (AvgIpc) is 2.31. The van der Waals surface area contributed by atoms with Gasteiger partial charge < -0.3 is 0 Å². The molecule has 0 fully saturated rings. The van der Waals surface area contributed by atoms with Crippen molar-refractivity contribution in [3.8, 4) is 0 Å². The molecule has 0 N–H and O–H groups in total. The molecule has 1 nitrogen and oxygen atoms in total. The summed E-state index contributed by atoms with van der Waals surface area (Å²) in [5.74, 6) is 0.557. The van der Waals surface area contributed by atoms with Gasteiger partial charge in [0.15, 0.2) is 5.78 Å². The minimum Gasteiger partial charge on any atom is -0.289 e. The molecule has 1 heteroatoms. The van der Waals surface area contributed by atoms with Gasteiger partial charge in [-0.05, 0) is 37.5 Å². The van der Waals surface area contributed by atoms with Crippen molar-refractivity contribution in [2.45, 2.75) is 47.5 Å². The monoisotopic (exact) mass is 232 g/mol. The van der Waals surface area contributed by atoms with Crippen LogP contribution in [0.15, 0.2) is 35.9 Å². The lowest BCUT2D eigenvalue weighted by Gasteiger charge is -2.06. The van der Waals surface area contributed by atoms with E-state index in [2.05, 4.69) is 19.9 Å². The summed E-state index contributed by atoms with van der Waals surface area (Å²) in [7, 11) is 0. The number of carbonyl (C=O) groups is 1. The molecular formula is C16H24O. The van der Waals surface area contributed by atoms with E-state index < -0.39 is 0 Å². The van der Waals surface area contributed by atoms with Crippen molar-refractivity contribution in [1.29, 1.82) is 0 Å². The average molecular weight is 232 g/mol. The quantitative estimate of drug-likeness (QED) is 0.530. The standard InChI is InChI=1S/C14H18O.C2H6/c1-10(2)8-14(15)13-7-5-6-12(9-13)11(3)4;1-2/h5-9,11H,1-4H3;1-2H3. The van der Waals surface area contributed by atoms with E-state index in [1.165, 1.54) is 5.56 Å². The molecule has 0 aliphatic carbocycles. The molecule has 1 aromatic rings. The lowest BCUT2D eigenvalue weighted by molar-refractivity contribution is 0.104. The van der Waals surface area contributed by atoms with E-state index in [-0.39, 0.29) is 5.78 Å². The van der Waals surface area contributed by atoms with Gasteiger partial charge in [-0.2, -0.15) is 0 Å². The second-order valence-corrected chi connectivity index (χ2v) is 4.37. The molecule has 0 saturated heterocycles. The molecule has 0 heterocycles. The highest BCUT2D eigenvalue weighted by atomic mass is 16.1. The highest BCUT2D eigenvalue weighted by Crippen LogP contribution is 2.16. The van der Waals surface area contributed by atoms with E-state index in [9.17, 15) is 4.79 Å². The van der Waals surface area contributed by atoms with Crippen LogP contribution in [0.25, 0.3) is 0 Å². The van der Waals surface area contributed by atoms with Gasteiger partial charge in [-0.15, -0.1) is 0 Å². The molecule has 0 atom stereocenters. The number of carbonyl (C=O) groups excluding carboxylic acids is 1. The van der Waals surface area contributed by atoms with Crippen LogP contribution in [0.4, 0.5) is 0 Å². The highest BCUT2D eigenvalue weighted by molar-refractivity contribution is 6.04. The third-order valence-electron chi connectivity index (χ3n) is 2.26. The summed E-state index contributed by atoms with van der Waals surface area (Å²) < 4.78 is 0. The Labute approximate surface area is 106 Å². The van der Waals surface area contributed by atoms with Gasteiger partial charge in [-0.1, -0.05) is 51.5 Å². The molecule has 0 bridgehead atoms. The molecule has 0 unspecified atom stereocenters. The maximum atomic E-state index is 11.8. The zero-order valence-corrected chi connectivity index (χ0v) is 11.9. The highest BCUT2D eigenvalue weighted by Gasteiger charge is 2.05. The minimum absolute atomic E-state index is 0.0949. The summed E-state index contributed by atoms with van der Waals surface area (Å²) >= 11 is 0. The number of ketones is 1. The summed E-state index contributed by atoms with van der Waals surface area (Å²) in [6, 6.07) is 7.85. The van der Waals surface area contributed by atoms with Gasteiger partial charge in [0.25, 0.3) is 0 Å². The molecule has 0 saturated carbocycles. The van der Waals surface area contributed by atoms with Gasteiger partial charge in [0.1, 0.15) is 0 Å². The smallest absolute Gasteiger partial charge is 0.185 e. The van der Waals surface area contributed by atoms with Crippen molar-refractivity contribution in [2.75, 3.05) is 0 Å². The zero-order valence-electron chi connectivity index (χ0n) is 11.9. The summed E-state index contributed by atoms with van der Waals surface area (Å²) in [6.45, 7) is 12.1. The van der Waals surface area contributed by atoms with Crippen molar-refractivity contribution in [3.63, 3.8) is 0 Å². The number of hydrogen-bond acceptors (Lipinski definition) is 1. The van der Waals surface area contributed by atoms with Crippen LogP contribution in [0.5, 0.6) is 0 Å². The SMILES string of the molecule is CC.CC(C)=CC(=O)c1cccc(C(C)C)c1. The van der Waals surface area contributed by atoms with Crippen LogP contribution in [0.1, 0.15) is 63.4 Å². The first-order chi connectivity index (χ1) is 8.00. The van der Waals surface area contributed by atoms with Gasteiger partial charge in [-0.25, -0.2) is 0 Å². The Kier molecular flexibility index (Phi) is 7.20. The Morgan fingerprint density at radius 2 is 1.76 bits per heavy atom. The first-order valence-corrected chi connectivity index (χ1v) is 6.30. The number of rotatable bonds is 3. The third-order valence-corrected chi connectivity index (χ3v) is 2.26. The first-order valence-electron chi connectivity index (χ1n) is 6.30. The maximum Gasteiger partial charge on any atom is 0.185 e. The molecule has 1 rings (SSSR count). The second-order valence-electron chi connectivity index (χ2n) is 4.37. The molecule has 1 aromatic carbocycles. The Hall–Kier alpha value is -1.37. The third kappa shape index (κ3) is 5.48. The summed E-state index contributed by atoms with van der Waals surface area (Å²) in [5, 5.41) is 0. The van der Waals surface area contributed by atoms with E-state index in [1.807, 2.05) is 45.9 Å². The van der Waals surface area contributed by atoms with Crippen LogP contribution in [0, 0.1) is 0 Å². The Balaban J connectivity index is 0.00000121. The summed E-state index contributed by atoms with van der Waals surface area (Å²) in [5.41, 5.74) is 3.03. The second kappa shape index (κ2) is 7.83. The fourth-order valence-electron chi connectivity index (χ4n) is 1.40. The largest absolute Gasteiger partial charge is 0.289 e. The van der Waals surface area contributed by atoms with Crippen LogP contribution < -0.4 is 0 Å². The molecule has 0 aliphatic rings. The van der Waals surface area contributed by atoms with Crippen LogP contribution in [0.2, 0.25) is 0 Å². The molecule has 0 aliphatic heterocycles. The lowest BCUT2D eigenvalue weighted by Crippen LogP contribution is -1.97. The molecule has 0 amide bonds. The van der Waals surface area contributed by atoms with Gasteiger partial charge >= 0.3 is 0 Å². The van der Waals surface area contributed by atoms with Crippen LogP contribution in [0.3, 0.4) is 0 Å². The fourth-order valence-corrected chi connectivity index (χ4v) is 1.40. The van der Waals surface area contributed by atoms with E-state index >= 15 is 0 Å². The predicted molar refractivity (Wildman–Crippen MR) is 75.6 cm³/mol. The van der Waals surface area contributed by atoms with Crippen molar-refractivity contribution >= 4 is 5.78 Å².